The average molecular weight is 290 g/mol. The van der Waals surface area contributed by atoms with Gasteiger partial charge in [-0.25, -0.2) is 0 Å². The predicted octanol–water partition coefficient (Wildman–Crippen LogP) is 2.48. The summed E-state index contributed by atoms with van der Waals surface area (Å²) in [6.07, 6.45) is 0. The number of nitrogens with two attached hydrogens (primary N) is 1. The summed E-state index contributed by atoms with van der Waals surface area (Å²) in [5.41, 5.74) is 6.48. The Morgan fingerprint density at radius 1 is 1.30 bits per heavy atom. The van der Waals surface area contributed by atoms with E-state index in [0.29, 0.717) is 16.3 Å². The Morgan fingerprint density at radius 3 is 2.60 bits per heavy atom. The summed E-state index contributed by atoms with van der Waals surface area (Å²) in [4.78, 5) is 23.4. The van der Waals surface area contributed by atoms with Gasteiger partial charge in [0.25, 0.3) is 5.91 Å². The Morgan fingerprint density at radius 2 is 2.00 bits per heavy atom. The maximum Gasteiger partial charge on any atom is 0.251 e. The molecule has 2 rings (SSSR count). The highest BCUT2D eigenvalue weighted by Gasteiger charge is 2.17. The number of carbonyl (C=O) groups excluding carboxylic acids is 2. The molecule has 2 amide bonds. The van der Waals surface area contributed by atoms with Crippen LogP contribution in [-0.2, 0) is 4.79 Å². The van der Waals surface area contributed by atoms with E-state index in [4.69, 9.17) is 10.5 Å². The van der Waals surface area contributed by atoms with E-state index in [2.05, 4.69) is 5.32 Å². The molecule has 1 aromatic carbocycles. The zero-order valence-electron chi connectivity index (χ0n) is 11.1. The fourth-order valence-corrected chi connectivity index (χ4v) is 2.95. The van der Waals surface area contributed by atoms with Crippen molar-refractivity contribution in [2.24, 2.45) is 5.73 Å². The Balaban J connectivity index is 2.52. The standard InChI is InChI=1S/C14H14N2O3S/c1-8(17)16-14-10(13(15)18)7-12(20-14)9-5-3-4-6-11(9)19-2/h3-7H,1-2H3,(H2,15,18)(H,16,17). The Bertz CT molecular complexity index is 664. The van der Waals surface area contributed by atoms with Crippen LogP contribution in [0.2, 0.25) is 0 Å². The van der Waals surface area contributed by atoms with E-state index in [9.17, 15) is 9.59 Å². The maximum atomic E-state index is 11.4. The summed E-state index contributed by atoms with van der Waals surface area (Å²) in [7, 11) is 1.58. The third kappa shape index (κ3) is 2.80. The van der Waals surface area contributed by atoms with Crippen LogP contribution in [0.25, 0.3) is 10.4 Å². The van der Waals surface area contributed by atoms with Gasteiger partial charge in [0.05, 0.1) is 12.7 Å². The monoisotopic (exact) mass is 290 g/mol. The number of nitrogens with one attached hydrogen (secondary N) is 1. The van der Waals surface area contributed by atoms with Crippen LogP contribution in [0.3, 0.4) is 0 Å². The van der Waals surface area contributed by atoms with Crippen molar-refractivity contribution in [3.05, 3.63) is 35.9 Å². The molecule has 0 aliphatic rings. The number of rotatable bonds is 4. The van der Waals surface area contributed by atoms with Crippen LogP contribution in [0.5, 0.6) is 5.75 Å². The number of amides is 2. The number of hydrogen-bond acceptors (Lipinski definition) is 4. The van der Waals surface area contributed by atoms with Gasteiger partial charge >= 0.3 is 0 Å². The van der Waals surface area contributed by atoms with Crippen molar-refractivity contribution < 1.29 is 14.3 Å². The molecule has 0 fully saturated rings. The van der Waals surface area contributed by atoms with Crippen LogP contribution in [0.15, 0.2) is 30.3 Å². The van der Waals surface area contributed by atoms with Gasteiger partial charge in [-0.1, -0.05) is 12.1 Å². The molecule has 2 aromatic rings. The van der Waals surface area contributed by atoms with Gasteiger partial charge in [-0.3, -0.25) is 9.59 Å². The van der Waals surface area contributed by atoms with Crippen molar-refractivity contribution in [1.29, 1.82) is 0 Å². The van der Waals surface area contributed by atoms with E-state index in [1.807, 2.05) is 24.3 Å². The van der Waals surface area contributed by atoms with Crippen LogP contribution in [0, 0.1) is 0 Å². The number of thiophene rings is 1. The van der Waals surface area contributed by atoms with Gasteiger partial charge in [-0.2, -0.15) is 0 Å². The Labute approximate surface area is 120 Å². The number of para-hydroxylation sites is 1. The minimum Gasteiger partial charge on any atom is -0.496 e. The highest BCUT2D eigenvalue weighted by molar-refractivity contribution is 7.20. The van der Waals surface area contributed by atoms with Crippen LogP contribution < -0.4 is 15.8 Å². The molecule has 0 saturated heterocycles. The average Bonchev–Trinajstić information content (AvgIpc) is 2.81. The molecule has 0 radical (unpaired) electrons. The summed E-state index contributed by atoms with van der Waals surface area (Å²) in [6.45, 7) is 1.38. The number of benzene rings is 1. The largest absolute Gasteiger partial charge is 0.496 e. The van der Waals surface area contributed by atoms with Crippen LogP contribution in [0.1, 0.15) is 17.3 Å². The summed E-state index contributed by atoms with van der Waals surface area (Å²) in [5.74, 6) is -0.133. The number of hydrogen-bond donors (Lipinski definition) is 2. The third-order valence-electron chi connectivity index (χ3n) is 2.66. The number of primary amides is 1. The third-order valence-corrected chi connectivity index (χ3v) is 3.74. The first kappa shape index (κ1) is 14.1. The number of anilines is 1. The summed E-state index contributed by atoms with van der Waals surface area (Å²) in [5, 5.41) is 3.07. The highest BCUT2D eigenvalue weighted by atomic mass is 32.1. The zero-order valence-corrected chi connectivity index (χ0v) is 11.9. The number of ether oxygens (including phenoxy) is 1. The van der Waals surface area contributed by atoms with Gasteiger partial charge in [0.1, 0.15) is 10.8 Å². The number of methoxy groups -OCH3 is 1. The first-order chi connectivity index (χ1) is 9.52. The van der Waals surface area contributed by atoms with Crippen LogP contribution in [0.4, 0.5) is 5.00 Å². The lowest BCUT2D eigenvalue weighted by atomic mass is 10.1. The topological polar surface area (TPSA) is 81.4 Å². The minimum atomic E-state index is -0.578. The quantitative estimate of drug-likeness (QED) is 0.907. The molecule has 1 heterocycles. The number of carbonyl (C=O) groups is 2. The summed E-state index contributed by atoms with van der Waals surface area (Å²) < 4.78 is 5.29. The molecule has 0 spiro atoms. The van der Waals surface area contributed by atoms with Crippen molar-refractivity contribution in [2.45, 2.75) is 6.92 Å². The van der Waals surface area contributed by atoms with Crippen molar-refractivity contribution in [3.8, 4) is 16.2 Å². The van der Waals surface area contributed by atoms with Crippen molar-refractivity contribution in [3.63, 3.8) is 0 Å². The van der Waals surface area contributed by atoms with Crippen LogP contribution >= 0.6 is 11.3 Å². The molecule has 0 unspecified atom stereocenters. The molecule has 104 valence electrons. The first-order valence-corrected chi connectivity index (χ1v) is 6.69. The van der Waals surface area contributed by atoms with Crippen molar-refractivity contribution in [1.82, 2.24) is 0 Å². The fourth-order valence-electron chi connectivity index (χ4n) is 1.81. The highest BCUT2D eigenvalue weighted by Crippen LogP contribution is 2.39. The Kier molecular flexibility index (Phi) is 4.05. The van der Waals surface area contributed by atoms with E-state index >= 15 is 0 Å². The summed E-state index contributed by atoms with van der Waals surface area (Å²) in [6, 6.07) is 9.11. The molecular formula is C14H14N2O3S. The molecule has 0 bridgehead atoms. The normalized spacial score (nSPS) is 10.1. The molecule has 20 heavy (non-hydrogen) atoms. The second kappa shape index (κ2) is 5.75. The fraction of sp³-hybridized carbons (Fsp3) is 0.143. The molecule has 1 aromatic heterocycles. The van der Waals surface area contributed by atoms with E-state index in [1.165, 1.54) is 18.3 Å². The second-order valence-electron chi connectivity index (χ2n) is 4.10. The van der Waals surface area contributed by atoms with Gasteiger partial charge < -0.3 is 15.8 Å². The molecule has 6 heteroatoms. The first-order valence-electron chi connectivity index (χ1n) is 5.87. The minimum absolute atomic E-state index is 0.249. The van der Waals surface area contributed by atoms with Gasteiger partial charge in [-0.05, 0) is 18.2 Å². The van der Waals surface area contributed by atoms with E-state index in [-0.39, 0.29) is 5.91 Å². The van der Waals surface area contributed by atoms with Gasteiger partial charge in [0, 0.05) is 17.4 Å². The summed E-state index contributed by atoms with van der Waals surface area (Å²) >= 11 is 1.29. The van der Waals surface area contributed by atoms with Crippen LogP contribution in [-0.4, -0.2) is 18.9 Å². The van der Waals surface area contributed by atoms with E-state index in [0.717, 1.165) is 10.4 Å². The lowest BCUT2D eigenvalue weighted by molar-refractivity contribution is -0.114. The predicted molar refractivity (Wildman–Crippen MR) is 79.1 cm³/mol. The molecule has 0 saturated carbocycles. The van der Waals surface area contributed by atoms with Crippen molar-refractivity contribution >= 4 is 28.2 Å². The molecule has 0 aliphatic carbocycles. The van der Waals surface area contributed by atoms with Gasteiger partial charge in [0.15, 0.2) is 0 Å². The maximum absolute atomic E-state index is 11.4. The molecule has 0 aliphatic heterocycles. The second-order valence-corrected chi connectivity index (χ2v) is 5.15. The molecular weight excluding hydrogens is 276 g/mol. The van der Waals surface area contributed by atoms with Gasteiger partial charge in [0.2, 0.25) is 5.91 Å². The lowest BCUT2D eigenvalue weighted by Gasteiger charge is -2.05. The molecule has 3 N–H and O–H groups in total. The molecule has 5 nitrogen and oxygen atoms in total. The van der Waals surface area contributed by atoms with E-state index < -0.39 is 5.91 Å². The van der Waals surface area contributed by atoms with E-state index in [1.54, 1.807) is 13.2 Å². The smallest absolute Gasteiger partial charge is 0.251 e. The molecule has 0 atom stereocenters. The van der Waals surface area contributed by atoms with Crippen molar-refractivity contribution in [2.75, 3.05) is 12.4 Å². The Hall–Kier alpha value is -2.34. The lowest BCUT2D eigenvalue weighted by Crippen LogP contribution is -2.14. The zero-order chi connectivity index (χ0) is 14.7. The SMILES string of the molecule is COc1ccccc1-c1cc(C(N)=O)c(NC(C)=O)s1. The van der Waals surface area contributed by atoms with Gasteiger partial charge in [-0.15, -0.1) is 11.3 Å².